The molecule has 0 bridgehead atoms. The fraction of sp³-hybridized carbons (Fsp3) is 0.176. The summed E-state index contributed by atoms with van der Waals surface area (Å²) >= 11 is 6.07. The Morgan fingerprint density at radius 2 is 2.00 bits per heavy atom. The maximum absolute atomic E-state index is 12.2. The number of nitrogens with one attached hydrogen (secondary N) is 2. The van der Waals surface area contributed by atoms with Crippen molar-refractivity contribution in [2.45, 2.75) is 19.9 Å². The van der Waals surface area contributed by atoms with Crippen LogP contribution in [0.15, 0.2) is 42.5 Å². The lowest BCUT2D eigenvalue weighted by Gasteiger charge is -2.16. The van der Waals surface area contributed by atoms with Crippen molar-refractivity contribution in [3.63, 3.8) is 0 Å². The SMILES string of the molecule is Cc1ccc(N[C@H](C)C(=O)Nc2ccccc2C#N)cc1Cl. The molecule has 1 atom stereocenters. The van der Waals surface area contributed by atoms with Crippen molar-refractivity contribution in [2.75, 3.05) is 10.6 Å². The normalized spacial score (nSPS) is 11.4. The summed E-state index contributed by atoms with van der Waals surface area (Å²) in [6.07, 6.45) is 0. The highest BCUT2D eigenvalue weighted by molar-refractivity contribution is 6.31. The molecule has 2 N–H and O–H groups in total. The van der Waals surface area contributed by atoms with Gasteiger partial charge in [-0.3, -0.25) is 4.79 Å². The van der Waals surface area contributed by atoms with Crippen molar-refractivity contribution in [3.05, 3.63) is 58.6 Å². The Morgan fingerprint density at radius 3 is 2.68 bits per heavy atom. The molecule has 5 heteroatoms. The number of aryl methyl sites for hydroxylation is 1. The molecule has 22 heavy (non-hydrogen) atoms. The first-order chi connectivity index (χ1) is 10.5. The van der Waals surface area contributed by atoms with Crippen LogP contribution in [0.1, 0.15) is 18.1 Å². The van der Waals surface area contributed by atoms with Gasteiger partial charge in [0.1, 0.15) is 12.1 Å². The molecule has 0 fully saturated rings. The van der Waals surface area contributed by atoms with Crippen LogP contribution in [0.5, 0.6) is 0 Å². The van der Waals surface area contributed by atoms with Gasteiger partial charge in [0.05, 0.1) is 11.3 Å². The van der Waals surface area contributed by atoms with E-state index >= 15 is 0 Å². The molecule has 0 unspecified atom stereocenters. The largest absolute Gasteiger partial charge is 0.374 e. The summed E-state index contributed by atoms with van der Waals surface area (Å²) in [6.45, 7) is 3.67. The van der Waals surface area contributed by atoms with Gasteiger partial charge in [0.25, 0.3) is 0 Å². The number of anilines is 2. The maximum atomic E-state index is 12.2. The standard InChI is InChI=1S/C17H16ClN3O/c1-11-7-8-14(9-15(11)18)20-12(2)17(22)21-16-6-4-3-5-13(16)10-19/h3-9,12,20H,1-2H3,(H,21,22)/t12-/m1/s1. The smallest absolute Gasteiger partial charge is 0.246 e. The van der Waals surface area contributed by atoms with Crippen molar-refractivity contribution in [2.24, 2.45) is 0 Å². The van der Waals surface area contributed by atoms with Gasteiger partial charge < -0.3 is 10.6 Å². The predicted octanol–water partition coefficient (Wildman–Crippen LogP) is 3.96. The number of hydrogen-bond acceptors (Lipinski definition) is 3. The van der Waals surface area contributed by atoms with E-state index in [-0.39, 0.29) is 5.91 Å². The second kappa shape index (κ2) is 6.97. The Kier molecular flexibility index (Phi) is 5.03. The van der Waals surface area contributed by atoms with Crippen molar-refractivity contribution < 1.29 is 4.79 Å². The van der Waals surface area contributed by atoms with Crippen LogP contribution in [0.4, 0.5) is 11.4 Å². The third-order valence-corrected chi connectivity index (χ3v) is 3.66. The molecule has 0 aliphatic heterocycles. The lowest BCUT2D eigenvalue weighted by atomic mass is 10.1. The van der Waals surface area contributed by atoms with Gasteiger partial charge in [-0.05, 0) is 43.7 Å². The van der Waals surface area contributed by atoms with Gasteiger partial charge in [0, 0.05) is 10.7 Å². The molecule has 0 saturated heterocycles. The Morgan fingerprint density at radius 1 is 1.27 bits per heavy atom. The fourth-order valence-corrected chi connectivity index (χ4v) is 2.11. The van der Waals surface area contributed by atoms with Gasteiger partial charge in [-0.1, -0.05) is 29.8 Å². The number of carbonyl (C=O) groups is 1. The van der Waals surface area contributed by atoms with Crippen LogP contribution < -0.4 is 10.6 Å². The minimum Gasteiger partial charge on any atom is -0.374 e. The van der Waals surface area contributed by atoms with E-state index in [0.717, 1.165) is 11.3 Å². The van der Waals surface area contributed by atoms with Gasteiger partial charge in [-0.15, -0.1) is 0 Å². The molecule has 0 saturated carbocycles. The number of carbonyl (C=O) groups excluding carboxylic acids is 1. The van der Waals surface area contributed by atoms with Gasteiger partial charge >= 0.3 is 0 Å². The molecule has 2 aromatic rings. The van der Waals surface area contributed by atoms with E-state index < -0.39 is 6.04 Å². The number of amides is 1. The third kappa shape index (κ3) is 3.78. The molecule has 0 aliphatic rings. The molecule has 0 heterocycles. The zero-order valence-corrected chi connectivity index (χ0v) is 13.1. The molecule has 2 rings (SSSR count). The Balaban J connectivity index is 2.06. The maximum Gasteiger partial charge on any atom is 0.246 e. The summed E-state index contributed by atoms with van der Waals surface area (Å²) < 4.78 is 0. The van der Waals surface area contributed by atoms with E-state index in [4.69, 9.17) is 16.9 Å². The van der Waals surface area contributed by atoms with Crippen molar-refractivity contribution in [3.8, 4) is 6.07 Å². The van der Waals surface area contributed by atoms with E-state index in [1.165, 1.54) is 0 Å². The number of nitriles is 1. The summed E-state index contributed by atoms with van der Waals surface area (Å²) in [7, 11) is 0. The first-order valence-corrected chi connectivity index (χ1v) is 7.21. The number of para-hydroxylation sites is 1. The topological polar surface area (TPSA) is 64.9 Å². The van der Waals surface area contributed by atoms with E-state index in [9.17, 15) is 4.79 Å². The number of hydrogen-bond donors (Lipinski definition) is 2. The highest BCUT2D eigenvalue weighted by Gasteiger charge is 2.14. The number of halogens is 1. The summed E-state index contributed by atoms with van der Waals surface area (Å²) in [5.74, 6) is -0.223. The number of benzene rings is 2. The van der Waals surface area contributed by atoms with E-state index in [2.05, 4.69) is 16.7 Å². The van der Waals surface area contributed by atoms with Crippen molar-refractivity contribution in [1.29, 1.82) is 5.26 Å². The van der Waals surface area contributed by atoms with Gasteiger partial charge in [0.15, 0.2) is 0 Å². The minimum atomic E-state index is -0.467. The summed E-state index contributed by atoms with van der Waals surface area (Å²) in [5, 5.41) is 15.5. The molecule has 2 aromatic carbocycles. The lowest BCUT2D eigenvalue weighted by molar-refractivity contribution is -0.116. The average molecular weight is 314 g/mol. The third-order valence-electron chi connectivity index (χ3n) is 3.25. The van der Waals surface area contributed by atoms with Crippen LogP contribution in [-0.4, -0.2) is 11.9 Å². The summed E-state index contributed by atoms with van der Waals surface area (Å²) in [6, 6.07) is 14.0. The van der Waals surface area contributed by atoms with Crippen LogP contribution >= 0.6 is 11.6 Å². The van der Waals surface area contributed by atoms with Crippen LogP contribution in [-0.2, 0) is 4.79 Å². The predicted molar refractivity (Wildman–Crippen MR) is 89.1 cm³/mol. The molecule has 0 spiro atoms. The second-order valence-electron chi connectivity index (χ2n) is 4.98. The summed E-state index contributed by atoms with van der Waals surface area (Å²) in [5.41, 5.74) is 2.69. The number of rotatable bonds is 4. The van der Waals surface area contributed by atoms with E-state index in [1.54, 1.807) is 37.3 Å². The zero-order valence-electron chi connectivity index (χ0n) is 12.4. The van der Waals surface area contributed by atoms with Crippen molar-refractivity contribution >= 4 is 28.9 Å². The minimum absolute atomic E-state index is 0.223. The van der Waals surface area contributed by atoms with Crippen LogP contribution in [0.25, 0.3) is 0 Å². The Hall–Kier alpha value is -2.51. The second-order valence-corrected chi connectivity index (χ2v) is 5.38. The molecule has 1 amide bonds. The summed E-state index contributed by atoms with van der Waals surface area (Å²) in [4.78, 5) is 12.2. The molecule has 0 aliphatic carbocycles. The van der Waals surface area contributed by atoms with Crippen LogP contribution in [0.2, 0.25) is 5.02 Å². The highest BCUT2D eigenvalue weighted by atomic mass is 35.5. The Labute approximate surface area is 134 Å². The van der Waals surface area contributed by atoms with Crippen LogP contribution in [0.3, 0.4) is 0 Å². The quantitative estimate of drug-likeness (QED) is 0.898. The molecule has 112 valence electrons. The van der Waals surface area contributed by atoms with E-state index in [1.807, 2.05) is 19.1 Å². The van der Waals surface area contributed by atoms with Gasteiger partial charge in [0.2, 0.25) is 5.91 Å². The molecule has 0 radical (unpaired) electrons. The lowest BCUT2D eigenvalue weighted by Crippen LogP contribution is -2.32. The first-order valence-electron chi connectivity index (χ1n) is 6.84. The first kappa shape index (κ1) is 15.9. The Bertz CT molecular complexity index is 737. The highest BCUT2D eigenvalue weighted by Crippen LogP contribution is 2.21. The number of nitrogens with zero attached hydrogens (tertiary/aromatic N) is 1. The fourth-order valence-electron chi connectivity index (χ4n) is 1.93. The molecular weight excluding hydrogens is 298 g/mol. The van der Waals surface area contributed by atoms with Gasteiger partial charge in [-0.25, -0.2) is 0 Å². The van der Waals surface area contributed by atoms with E-state index in [0.29, 0.717) is 16.3 Å². The monoisotopic (exact) mass is 313 g/mol. The molecular formula is C17H16ClN3O. The van der Waals surface area contributed by atoms with Crippen molar-refractivity contribution in [1.82, 2.24) is 0 Å². The molecule has 4 nitrogen and oxygen atoms in total. The molecule has 0 aromatic heterocycles. The zero-order chi connectivity index (χ0) is 16.1. The average Bonchev–Trinajstić information content (AvgIpc) is 2.51. The van der Waals surface area contributed by atoms with Gasteiger partial charge in [-0.2, -0.15) is 5.26 Å². The van der Waals surface area contributed by atoms with Crippen LogP contribution in [0, 0.1) is 18.3 Å².